The van der Waals surface area contributed by atoms with Crippen LogP contribution in [-0.4, -0.2) is 88.6 Å². The summed E-state index contributed by atoms with van der Waals surface area (Å²) in [5, 5.41) is 28.4. The summed E-state index contributed by atoms with van der Waals surface area (Å²) in [6.07, 6.45) is 30.1. The maximum absolute atomic E-state index is 12.3. The van der Waals surface area contributed by atoms with Gasteiger partial charge in [-0.3, -0.25) is 9.59 Å². The average Bonchev–Trinajstić information content (AvgIpc) is 3.11. The van der Waals surface area contributed by atoms with Crippen LogP contribution in [0.2, 0.25) is 0 Å². The van der Waals surface area contributed by atoms with Gasteiger partial charge in [-0.2, -0.15) is 0 Å². The number of carbonyl (C=O) groups is 4. The van der Waals surface area contributed by atoms with Crippen molar-refractivity contribution in [2.45, 2.75) is 192 Å². The highest BCUT2D eigenvalue weighted by atomic mass is 33.1. The smallest absolute Gasteiger partial charge is 0.220 e. The Morgan fingerprint density at radius 2 is 0.667 bits per heavy atom. The predicted octanol–water partition coefficient (Wildman–Crippen LogP) is 4.05. The number of unbranched alkanes of at least 4 members (excludes halogenated alkanes) is 22. The molecule has 0 heterocycles. The van der Waals surface area contributed by atoms with Crippen LogP contribution in [0.3, 0.4) is 0 Å². The molecule has 0 bridgehead atoms. The van der Waals surface area contributed by atoms with Gasteiger partial charge < -0.3 is 40.2 Å². The van der Waals surface area contributed by atoms with Gasteiger partial charge in [-0.15, -0.1) is 0 Å². The molecule has 0 aliphatic carbocycles. The quantitative estimate of drug-likeness (QED) is 0.0536. The number of hydrogen-bond acceptors (Lipinski definition) is 8. The molecule has 0 radical (unpaired) electrons. The van der Waals surface area contributed by atoms with Crippen LogP contribution in [0.15, 0.2) is 0 Å². The van der Waals surface area contributed by atoms with Gasteiger partial charge in [0, 0.05) is 24.3 Å². The topological polar surface area (TPSA) is 147 Å². The van der Waals surface area contributed by atoms with Gasteiger partial charge in [0.05, 0.1) is 65.3 Å². The molecule has 0 fully saturated rings. The summed E-state index contributed by atoms with van der Waals surface area (Å²) >= 11 is 0. The van der Waals surface area contributed by atoms with Crippen LogP contribution >= 0.6 is 21.6 Å². The Morgan fingerprint density at radius 1 is 0.426 bits per heavy atom. The first-order valence-electron chi connectivity index (χ1n) is 21.9. The molecule has 0 aromatic carbocycles. The van der Waals surface area contributed by atoms with Crippen LogP contribution in [-0.2, 0) is 19.2 Å². The molecule has 12 heteroatoms. The molecular weight excluding hydrogens is 721 g/mol. The third kappa shape index (κ3) is 37.4. The summed E-state index contributed by atoms with van der Waals surface area (Å²) in [5.41, 5.74) is 0. The van der Waals surface area contributed by atoms with Crippen molar-refractivity contribution >= 4 is 45.3 Å². The largest absolute Gasteiger partial charge is 0.548 e. The molecule has 0 aromatic rings. The lowest BCUT2D eigenvalue weighted by Gasteiger charge is -2.20. The van der Waals surface area contributed by atoms with Gasteiger partial charge in [0.15, 0.2) is 0 Å². The lowest BCUT2D eigenvalue weighted by molar-refractivity contribution is -0.858. The number of carboxylic acid groups (broad SMARTS) is 2. The number of rotatable bonds is 41. The van der Waals surface area contributed by atoms with Crippen LogP contribution in [0.4, 0.5) is 0 Å². The predicted molar refractivity (Wildman–Crippen MR) is 223 cm³/mol. The Labute approximate surface area is 338 Å². The van der Waals surface area contributed by atoms with Gasteiger partial charge in [-0.1, -0.05) is 137 Å². The normalized spacial score (nSPS) is 12.6. The van der Waals surface area contributed by atoms with Crippen molar-refractivity contribution in [2.24, 2.45) is 0 Å². The number of carbonyl (C=O) groups excluding carboxylic acids is 4. The van der Waals surface area contributed by atoms with E-state index in [-0.39, 0.29) is 24.7 Å². The zero-order valence-corrected chi connectivity index (χ0v) is 36.7. The highest BCUT2D eigenvalue weighted by Crippen LogP contribution is 2.24. The van der Waals surface area contributed by atoms with Gasteiger partial charge >= 0.3 is 0 Å². The molecule has 2 amide bonds. The summed E-state index contributed by atoms with van der Waals surface area (Å²) in [5.74, 6) is -2.19. The average molecular weight is 803 g/mol. The second-order valence-electron chi connectivity index (χ2n) is 16.0. The van der Waals surface area contributed by atoms with Crippen LogP contribution < -0.4 is 30.6 Å². The van der Waals surface area contributed by atoms with Gasteiger partial charge in [0.2, 0.25) is 11.8 Å². The molecule has 0 saturated carbocycles. The van der Waals surface area contributed by atoms with Gasteiger partial charge in [-0.25, -0.2) is 0 Å². The van der Waals surface area contributed by atoms with E-state index in [0.29, 0.717) is 24.3 Å². The van der Waals surface area contributed by atoms with Crippen LogP contribution in [0.25, 0.3) is 0 Å². The molecule has 0 rings (SSSR count). The maximum atomic E-state index is 12.3. The molecule has 0 aliphatic heterocycles. The number of nitrogens with one attached hydrogen (secondary N) is 4. The van der Waals surface area contributed by atoms with Crippen LogP contribution in [0.1, 0.15) is 180 Å². The van der Waals surface area contributed by atoms with Gasteiger partial charge in [-0.05, 0) is 51.4 Å². The van der Waals surface area contributed by atoms with E-state index in [1.54, 1.807) is 0 Å². The van der Waals surface area contributed by atoms with E-state index >= 15 is 0 Å². The number of aliphatic carboxylic acids is 2. The second-order valence-corrected chi connectivity index (χ2v) is 18.7. The Balaban J connectivity index is 3.84. The Morgan fingerprint density at radius 3 is 0.907 bits per heavy atom. The van der Waals surface area contributed by atoms with Crippen molar-refractivity contribution < 1.29 is 39.2 Å². The maximum Gasteiger partial charge on any atom is 0.220 e. The van der Waals surface area contributed by atoms with E-state index in [0.717, 1.165) is 38.5 Å². The molecule has 0 aromatic heterocycles. The van der Waals surface area contributed by atoms with Gasteiger partial charge in [0.25, 0.3) is 0 Å². The van der Waals surface area contributed by atoms with Crippen molar-refractivity contribution in [3.05, 3.63) is 0 Å². The Bertz CT molecular complexity index is 855. The molecule has 54 heavy (non-hydrogen) atoms. The molecule has 0 aliphatic rings. The van der Waals surface area contributed by atoms with E-state index < -0.39 is 24.0 Å². The minimum atomic E-state index is -1.30. The minimum absolute atomic E-state index is 0.224. The second kappa shape index (κ2) is 38.4. The molecule has 0 spiro atoms. The fraction of sp³-hybridized carbons (Fsp3) is 0.905. The number of quaternary nitrogens is 2. The summed E-state index contributed by atoms with van der Waals surface area (Å²) in [6.45, 7) is 2.53. The van der Waals surface area contributed by atoms with Crippen molar-refractivity contribution in [3.8, 4) is 0 Å². The third-order valence-corrected chi connectivity index (χ3v) is 12.4. The summed E-state index contributed by atoms with van der Waals surface area (Å²) < 4.78 is 0. The standard InChI is InChI=1S/C42H82N4O6S2/c1-45(2)33-27-23-19-15-11-7-5-9-13-17-21-25-29-39(47)43-37(41(49)50)31-35-53-54-36-32-38(42(51)52)44-40(48)30-26-22-18-14-10-6-8-12-16-20-24-28-34-46(3)4/h37-38H,5-36H2,1-4H3,(H,43,47)(H,44,48)(H,49,50)(H,51,52). The van der Waals surface area contributed by atoms with E-state index in [4.69, 9.17) is 0 Å². The molecule has 4 N–H and O–H groups in total. The van der Waals surface area contributed by atoms with Crippen molar-refractivity contribution in [2.75, 3.05) is 52.8 Å². The Hall–Kier alpha value is -1.50. The lowest BCUT2D eigenvalue weighted by atomic mass is 10.0. The minimum Gasteiger partial charge on any atom is -0.548 e. The molecule has 10 nitrogen and oxygen atoms in total. The first-order chi connectivity index (χ1) is 26.0. The van der Waals surface area contributed by atoms with Crippen molar-refractivity contribution in [3.63, 3.8) is 0 Å². The van der Waals surface area contributed by atoms with Crippen molar-refractivity contribution in [1.82, 2.24) is 10.6 Å². The zero-order valence-electron chi connectivity index (χ0n) is 35.0. The third-order valence-electron chi connectivity index (χ3n) is 9.96. The Kier molecular flexibility index (Phi) is 37.3. The number of carboxylic acids is 2. The summed E-state index contributed by atoms with van der Waals surface area (Å²) in [4.78, 5) is 51.0. The van der Waals surface area contributed by atoms with Crippen LogP contribution in [0, 0.1) is 0 Å². The van der Waals surface area contributed by atoms with E-state index in [1.807, 2.05) is 0 Å². The first kappa shape index (κ1) is 52.5. The summed E-state index contributed by atoms with van der Waals surface area (Å²) in [6, 6.07) is -2.10. The molecule has 318 valence electrons. The van der Waals surface area contributed by atoms with Crippen molar-refractivity contribution in [1.29, 1.82) is 0 Å². The monoisotopic (exact) mass is 803 g/mol. The highest BCUT2D eigenvalue weighted by molar-refractivity contribution is 8.76. The van der Waals surface area contributed by atoms with E-state index in [1.165, 1.54) is 160 Å². The molecule has 2 unspecified atom stereocenters. The number of hydrogen-bond donors (Lipinski definition) is 4. The molecule has 2 atom stereocenters. The highest BCUT2D eigenvalue weighted by Gasteiger charge is 2.15. The summed E-state index contributed by atoms with van der Waals surface area (Å²) in [7, 11) is 11.7. The SMILES string of the molecule is C[NH+](C)CCCCCCCCCCCCCCC(=O)NC(CCSSCCC(NC(=O)CCCCCCCCCCCCCC[NH+](C)C)C(=O)[O-])C(=O)[O-]. The zero-order chi connectivity index (χ0) is 40.1. The fourth-order valence-electron chi connectivity index (χ4n) is 6.54. The van der Waals surface area contributed by atoms with Gasteiger partial charge in [0.1, 0.15) is 0 Å². The lowest BCUT2D eigenvalue weighted by Crippen LogP contribution is -3.05. The molecular formula is C42H82N4O6S2. The van der Waals surface area contributed by atoms with Crippen LogP contribution in [0.5, 0.6) is 0 Å². The van der Waals surface area contributed by atoms with E-state index in [9.17, 15) is 29.4 Å². The molecule has 0 saturated heterocycles. The van der Waals surface area contributed by atoms with E-state index in [2.05, 4.69) is 38.8 Å². The number of amides is 2. The fourth-order valence-corrected chi connectivity index (χ4v) is 8.73. The first-order valence-corrected chi connectivity index (χ1v) is 24.3.